The van der Waals surface area contributed by atoms with Crippen LogP contribution in [0, 0.1) is 0 Å². The second-order valence-electron chi connectivity index (χ2n) is 4.22. The van der Waals surface area contributed by atoms with E-state index in [-0.39, 0.29) is 24.8 Å². The van der Waals surface area contributed by atoms with E-state index in [2.05, 4.69) is 10.1 Å². The number of thiophene rings is 1. The molecule has 0 bridgehead atoms. The Balaban J connectivity index is 2.09. The first-order valence-electron chi connectivity index (χ1n) is 6.24. The van der Waals surface area contributed by atoms with Crippen LogP contribution in [0.25, 0.3) is 10.4 Å². The van der Waals surface area contributed by atoms with E-state index in [9.17, 15) is 18.0 Å². The summed E-state index contributed by atoms with van der Waals surface area (Å²) < 4.78 is 40.0. The van der Waals surface area contributed by atoms with Crippen LogP contribution in [0.15, 0.2) is 36.4 Å². The molecule has 0 spiro atoms. The molecule has 1 amide bonds. The maximum Gasteiger partial charge on any atom is 0.573 e. The fraction of sp³-hybridized carbons (Fsp3) is 0.214. The molecule has 2 aromatic rings. The molecule has 0 saturated heterocycles. The van der Waals surface area contributed by atoms with Gasteiger partial charge in [-0.05, 0) is 42.0 Å². The third-order valence-electron chi connectivity index (χ3n) is 2.60. The Kier molecular flexibility index (Phi) is 5.04. The van der Waals surface area contributed by atoms with Crippen LogP contribution in [-0.2, 0) is 0 Å². The van der Waals surface area contributed by atoms with Gasteiger partial charge in [0.1, 0.15) is 5.75 Å². The summed E-state index contributed by atoms with van der Waals surface area (Å²) in [6.07, 6.45) is -4.72. The summed E-state index contributed by atoms with van der Waals surface area (Å²) in [5.41, 5.74) is 0.681. The molecule has 0 saturated carbocycles. The third-order valence-corrected chi connectivity index (χ3v) is 3.73. The summed E-state index contributed by atoms with van der Waals surface area (Å²) >= 11 is 1.21. The molecule has 0 aliphatic carbocycles. The summed E-state index contributed by atoms with van der Waals surface area (Å²) in [6.45, 7) is 0.0141. The Labute approximate surface area is 128 Å². The van der Waals surface area contributed by atoms with Gasteiger partial charge in [0, 0.05) is 11.4 Å². The molecule has 1 aromatic carbocycles. The average Bonchev–Trinajstić information content (AvgIpc) is 2.93. The van der Waals surface area contributed by atoms with Crippen molar-refractivity contribution in [2.45, 2.75) is 6.36 Å². The molecule has 0 unspecified atom stereocenters. The highest BCUT2D eigenvalue weighted by Crippen LogP contribution is 2.30. The summed E-state index contributed by atoms with van der Waals surface area (Å²) in [4.78, 5) is 12.9. The van der Waals surface area contributed by atoms with Crippen LogP contribution in [-0.4, -0.2) is 30.5 Å². The van der Waals surface area contributed by atoms with E-state index in [1.54, 1.807) is 12.1 Å². The zero-order chi connectivity index (χ0) is 16.2. The van der Waals surface area contributed by atoms with Gasteiger partial charge < -0.3 is 15.2 Å². The second-order valence-corrected chi connectivity index (χ2v) is 5.30. The van der Waals surface area contributed by atoms with Crippen molar-refractivity contribution in [1.82, 2.24) is 5.32 Å². The number of aliphatic hydroxyl groups is 1. The van der Waals surface area contributed by atoms with Crippen molar-refractivity contribution in [3.63, 3.8) is 0 Å². The molecular weight excluding hydrogens is 319 g/mol. The van der Waals surface area contributed by atoms with E-state index in [1.165, 1.54) is 35.6 Å². The number of alkyl halides is 3. The number of hydrogen-bond donors (Lipinski definition) is 2. The van der Waals surface area contributed by atoms with Gasteiger partial charge in [-0.3, -0.25) is 4.79 Å². The van der Waals surface area contributed by atoms with E-state index in [1.807, 2.05) is 0 Å². The number of nitrogens with one attached hydrogen (secondary N) is 1. The quantitative estimate of drug-likeness (QED) is 0.885. The summed E-state index contributed by atoms with van der Waals surface area (Å²) in [7, 11) is 0. The molecule has 0 radical (unpaired) electrons. The normalized spacial score (nSPS) is 11.3. The minimum Gasteiger partial charge on any atom is -0.406 e. The highest BCUT2D eigenvalue weighted by Gasteiger charge is 2.30. The lowest BCUT2D eigenvalue weighted by Gasteiger charge is -2.08. The number of aliphatic hydroxyl groups excluding tert-OH is 1. The van der Waals surface area contributed by atoms with E-state index in [0.717, 1.165) is 4.88 Å². The monoisotopic (exact) mass is 331 g/mol. The van der Waals surface area contributed by atoms with Crippen molar-refractivity contribution in [3.05, 3.63) is 41.3 Å². The molecule has 2 N–H and O–H groups in total. The summed E-state index contributed by atoms with van der Waals surface area (Å²) in [5, 5.41) is 11.2. The Bertz CT molecular complexity index is 638. The van der Waals surface area contributed by atoms with Crippen LogP contribution >= 0.6 is 11.3 Å². The molecule has 8 heteroatoms. The average molecular weight is 331 g/mol. The van der Waals surface area contributed by atoms with Crippen molar-refractivity contribution >= 4 is 17.2 Å². The van der Waals surface area contributed by atoms with Gasteiger partial charge in [0.05, 0.1) is 11.5 Å². The molecule has 1 heterocycles. The van der Waals surface area contributed by atoms with Gasteiger partial charge in [0.15, 0.2) is 0 Å². The fourth-order valence-corrected chi connectivity index (χ4v) is 2.62. The number of ether oxygens (including phenoxy) is 1. The molecule has 0 atom stereocenters. The number of benzene rings is 1. The maximum absolute atomic E-state index is 12.1. The number of carbonyl (C=O) groups excluding carboxylic acids is 1. The predicted molar refractivity (Wildman–Crippen MR) is 75.9 cm³/mol. The second kappa shape index (κ2) is 6.80. The minimum absolute atomic E-state index is 0.148. The molecule has 118 valence electrons. The maximum atomic E-state index is 12.1. The highest BCUT2D eigenvalue weighted by atomic mass is 32.1. The number of carbonyl (C=O) groups is 1. The predicted octanol–water partition coefficient (Wildman–Crippen LogP) is 3.04. The Morgan fingerprint density at radius 3 is 2.45 bits per heavy atom. The van der Waals surface area contributed by atoms with Crippen molar-refractivity contribution < 1.29 is 27.8 Å². The van der Waals surface area contributed by atoms with Crippen LogP contribution < -0.4 is 10.1 Å². The third kappa shape index (κ3) is 4.47. The smallest absolute Gasteiger partial charge is 0.406 e. The van der Waals surface area contributed by atoms with Gasteiger partial charge in [-0.15, -0.1) is 24.5 Å². The van der Waals surface area contributed by atoms with Crippen LogP contribution in [0.1, 0.15) is 9.67 Å². The SMILES string of the molecule is O=C(NCCO)c1ccc(-c2ccc(OC(F)(F)F)cc2)s1. The number of amides is 1. The number of halogens is 3. The topological polar surface area (TPSA) is 58.6 Å². The zero-order valence-corrected chi connectivity index (χ0v) is 12.0. The number of rotatable bonds is 5. The molecule has 0 fully saturated rings. The van der Waals surface area contributed by atoms with Crippen LogP contribution in [0.3, 0.4) is 0 Å². The Morgan fingerprint density at radius 2 is 1.86 bits per heavy atom. The largest absolute Gasteiger partial charge is 0.573 e. The Morgan fingerprint density at radius 1 is 1.18 bits per heavy atom. The first-order chi connectivity index (χ1) is 10.4. The van der Waals surface area contributed by atoms with Crippen LogP contribution in [0.4, 0.5) is 13.2 Å². The van der Waals surface area contributed by atoms with Crippen molar-refractivity contribution in [3.8, 4) is 16.2 Å². The fourth-order valence-electron chi connectivity index (χ4n) is 1.69. The number of hydrogen-bond acceptors (Lipinski definition) is 4. The lowest BCUT2D eigenvalue weighted by Crippen LogP contribution is -2.25. The van der Waals surface area contributed by atoms with Gasteiger partial charge in [-0.25, -0.2) is 0 Å². The minimum atomic E-state index is -4.72. The first-order valence-corrected chi connectivity index (χ1v) is 7.06. The lowest BCUT2D eigenvalue weighted by molar-refractivity contribution is -0.274. The lowest BCUT2D eigenvalue weighted by atomic mass is 10.2. The van der Waals surface area contributed by atoms with E-state index < -0.39 is 6.36 Å². The van der Waals surface area contributed by atoms with E-state index in [4.69, 9.17) is 5.11 Å². The van der Waals surface area contributed by atoms with Crippen LogP contribution in [0.5, 0.6) is 5.75 Å². The zero-order valence-electron chi connectivity index (χ0n) is 11.2. The summed E-state index contributed by atoms with van der Waals surface area (Å²) in [6, 6.07) is 8.73. The van der Waals surface area contributed by atoms with Gasteiger partial charge in [-0.2, -0.15) is 0 Å². The Hall–Kier alpha value is -2.06. The van der Waals surface area contributed by atoms with E-state index in [0.29, 0.717) is 10.4 Å². The van der Waals surface area contributed by atoms with Crippen molar-refractivity contribution in [1.29, 1.82) is 0 Å². The van der Waals surface area contributed by atoms with Crippen molar-refractivity contribution in [2.24, 2.45) is 0 Å². The summed E-state index contributed by atoms with van der Waals surface area (Å²) in [5.74, 6) is -0.601. The highest BCUT2D eigenvalue weighted by molar-refractivity contribution is 7.17. The molecular formula is C14H12F3NO3S. The standard InChI is InChI=1S/C14H12F3NO3S/c15-14(16,17)21-10-3-1-9(2-4-10)11-5-6-12(22-11)13(20)18-7-8-19/h1-6,19H,7-8H2,(H,18,20). The molecule has 4 nitrogen and oxygen atoms in total. The molecule has 22 heavy (non-hydrogen) atoms. The molecule has 0 aliphatic rings. The van der Waals surface area contributed by atoms with Gasteiger partial charge >= 0.3 is 6.36 Å². The molecule has 2 rings (SSSR count). The van der Waals surface area contributed by atoms with Gasteiger partial charge in [-0.1, -0.05) is 0 Å². The molecule has 1 aromatic heterocycles. The first kappa shape index (κ1) is 16.3. The van der Waals surface area contributed by atoms with Gasteiger partial charge in [0.2, 0.25) is 0 Å². The van der Waals surface area contributed by atoms with Gasteiger partial charge in [0.25, 0.3) is 5.91 Å². The van der Waals surface area contributed by atoms with Crippen molar-refractivity contribution in [2.75, 3.05) is 13.2 Å². The van der Waals surface area contributed by atoms with E-state index >= 15 is 0 Å². The molecule has 0 aliphatic heterocycles. The van der Waals surface area contributed by atoms with Crippen LogP contribution in [0.2, 0.25) is 0 Å².